The third kappa shape index (κ3) is 3.30. The van der Waals surface area contributed by atoms with Crippen LogP contribution < -0.4 is 4.74 Å². The molecule has 6 nitrogen and oxygen atoms in total. The molecule has 0 radical (unpaired) electrons. The van der Waals surface area contributed by atoms with E-state index in [1.165, 1.54) is 0 Å². The molecular weight excluding hydrogens is 390 g/mol. The maximum Gasteiger partial charge on any atom is 0.254 e. The van der Waals surface area contributed by atoms with E-state index in [0.29, 0.717) is 0 Å². The molecule has 1 amide bonds. The van der Waals surface area contributed by atoms with E-state index in [9.17, 15) is 9.90 Å². The van der Waals surface area contributed by atoms with Crippen molar-refractivity contribution in [2.45, 2.75) is 51.7 Å². The van der Waals surface area contributed by atoms with Crippen LogP contribution >= 0.6 is 0 Å². The number of benzene rings is 2. The number of hydrogen-bond acceptors (Lipinski definition) is 4. The molecule has 1 aromatic heterocycles. The first-order chi connectivity index (χ1) is 15.0. The summed E-state index contributed by atoms with van der Waals surface area (Å²) >= 11 is 0. The minimum absolute atomic E-state index is 0.0981. The van der Waals surface area contributed by atoms with Gasteiger partial charge in [0.15, 0.2) is 5.75 Å². The Morgan fingerprint density at radius 3 is 2.74 bits per heavy atom. The largest absolute Gasteiger partial charge is 0.483 e. The Balaban J connectivity index is 1.64. The quantitative estimate of drug-likeness (QED) is 0.690. The summed E-state index contributed by atoms with van der Waals surface area (Å²) < 4.78 is 8.61. The zero-order valence-electron chi connectivity index (χ0n) is 18.4. The Morgan fingerprint density at radius 1 is 1.26 bits per heavy atom. The molecule has 2 aromatic carbocycles. The topological polar surface area (TPSA) is 67.6 Å². The van der Waals surface area contributed by atoms with Gasteiger partial charge in [0.1, 0.15) is 17.4 Å². The number of aliphatic hydroxyl groups is 1. The molecule has 2 atom stereocenters. The van der Waals surface area contributed by atoms with Gasteiger partial charge in [0.2, 0.25) is 0 Å². The second-order valence-electron chi connectivity index (χ2n) is 8.77. The van der Waals surface area contributed by atoms with Gasteiger partial charge in [-0.25, -0.2) is 4.98 Å². The van der Waals surface area contributed by atoms with Gasteiger partial charge in [-0.1, -0.05) is 24.3 Å². The molecular formula is C25H29N3O3. The predicted octanol–water partition coefficient (Wildman–Crippen LogP) is 4.24. The summed E-state index contributed by atoms with van der Waals surface area (Å²) in [5, 5.41) is 10.3. The van der Waals surface area contributed by atoms with Gasteiger partial charge in [-0.15, -0.1) is 0 Å². The number of aromatic nitrogens is 2. The number of amides is 1. The van der Waals surface area contributed by atoms with Crippen LogP contribution in [-0.4, -0.2) is 38.6 Å². The summed E-state index contributed by atoms with van der Waals surface area (Å²) in [7, 11) is 1.98. The molecule has 2 aliphatic heterocycles. The first-order valence-corrected chi connectivity index (χ1v) is 11.2. The molecule has 3 heterocycles. The van der Waals surface area contributed by atoms with Gasteiger partial charge < -0.3 is 19.3 Å². The Labute approximate surface area is 182 Å². The highest BCUT2D eigenvalue weighted by atomic mass is 16.5. The van der Waals surface area contributed by atoms with E-state index in [-0.39, 0.29) is 12.0 Å². The summed E-state index contributed by atoms with van der Waals surface area (Å²) in [5.74, 6) is 1.71. The third-order valence-electron chi connectivity index (χ3n) is 6.79. The monoisotopic (exact) mass is 419 g/mol. The number of hydrogen-bond donors (Lipinski definition) is 1. The van der Waals surface area contributed by atoms with Crippen molar-refractivity contribution in [1.82, 2.24) is 14.5 Å². The van der Waals surface area contributed by atoms with Gasteiger partial charge in [0.25, 0.3) is 5.91 Å². The van der Waals surface area contributed by atoms with Gasteiger partial charge in [0.05, 0.1) is 11.6 Å². The van der Waals surface area contributed by atoms with Crippen LogP contribution in [0.15, 0.2) is 30.3 Å². The number of aliphatic hydroxyl groups excluding tert-OH is 1. The Morgan fingerprint density at radius 2 is 2.00 bits per heavy atom. The smallest absolute Gasteiger partial charge is 0.254 e. The average Bonchev–Trinajstić information content (AvgIpc) is 3.41. The number of nitrogens with zero attached hydrogens (tertiary/aromatic N) is 3. The summed E-state index contributed by atoms with van der Waals surface area (Å²) in [6.07, 6.45) is 2.89. The van der Waals surface area contributed by atoms with Gasteiger partial charge in [0, 0.05) is 31.3 Å². The molecule has 5 rings (SSSR count). The van der Waals surface area contributed by atoms with E-state index in [1.807, 2.05) is 53.8 Å². The molecule has 0 saturated carbocycles. The van der Waals surface area contributed by atoms with Crippen molar-refractivity contribution in [3.05, 3.63) is 58.4 Å². The van der Waals surface area contributed by atoms with Crippen molar-refractivity contribution < 1.29 is 14.6 Å². The second-order valence-corrected chi connectivity index (χ2v) is 8.77. The lowest BCUT2D eigenvalue weighted by Gasteiger charge is -2.30. The molecule has 2 aliphatic rings. The highest BCUT2D eigenvalue weighted by Gasteiger charge is 2.32. The SMILES string of the molecule is Cc1nc2c3c(c(C(=O)N4CCCC4)cc2n1C)CC[C@@H](c1ccccc1C(C)O)O3. The number of carbonyl (C=O) groups is 1. The van der Waals surface area contributed by atoms with Crippen molar-refractivity contribution in [3.8, 4) is 5.75 Å². The van der Waals surface area contributed by atoms with Crippen molar-refractivity contribution in [2.24, 2.45) is 7.05 Å². The molecule has 1 fully saturated rings. The van der Waals surface area contributed by atoms with Crippen LogP contribution in [0.5, 0.6) is 5.75 Å². The second kappa shape index (κ2) is 7.68. The van der Waals surface area contributed by atoms with Crippen LogP contribution in [0.3, 0.4) is 0 Å². The molecule has 1 saturated heterocycles. The highest BCUT2D eigenvalue weighted by Crippen LogP contribution is 2.43. The van der Waals surface area contributed by atoms with Crippen LogP contribution in [0.4, 0.5) is 0 Å². The number of fused-ring (bicyclic) bond motifs is 3. The van der Waals surface area contributed by atoms with E-state index in [0.717, 1.165) is 83.6 Å². The van der Waals surface area contributed by atoms with Crippen molar-refractivity contribution >= 4 is 16.9 Å². The van der Waals surface area contributed by atoms with Gasteiger partial charge in [-0.2, -0.15) is 0 Å². The molecule has 31 heavy (non-hydrogen) atoms. The fourth-order valence-corrected chi connectivity index (χ4v) is 4.99. The summed E-state index contributed by atoms with van der Waals surface area (Å²) in [5.41, 5.74) is 5.33. The first kappa shape index (κ1) is 20.1. The minimum Gasteiger partial charge on any atom is -0.483 e. The number of ether oxygens (including phenoxy) is 1. The zero-order valence-corrected chi connectivity index (χ0v) is 18.4. The first-order valence-electron chi connectivity index (χ1n) is 11.2. The van der Waals surface area contributed by atoms with Crippen LogP contribution in [0, 0.1) is 6.92 Å². The highest BCUT2D eigenvalue weighted by molar-refractivity contribution is 6.01. The Bertz CT molecular complexity index is 1160. The van der Waals surface area contributed by atoms with Crippen LogP contribution in [-0.2, 0) is 13.5 Å². The fraction of sp³-hybridized carbons (Fsp3) is 0.440. The molecule has 3 aromatic rings. The van der Waals surface area contributed by atoms with E-state index in [4.69, 9.17) is 9.72 Å². The number of aryl methyl sites for hydroxylation is 2. The van der Waals surface area contributed by atoms with Crippen molar-refractivity contribution in [1.29, 1.82) is 0 Å². The van der Waals surface area contributed by atoms with E-state index >= 15 is 0 Å². The normalized spacial score (nSPS) is 19.4. The lowest BCUT2D eigenvalue weighted by atomic mass is 9.90. The maximum atomic E-state index is 13.4. The van der Waals surface area contributed by atoms with E-state index in [2.05, 4.69) is 0 Å². The minimum atomic E-state index is -0.568. The van der Waals surface area contributed by atoms with Crippen LogP contribution in [0.1, 0.15) is 71.3 Å². The summed E-state index contributed by atoms with van der Waals surface area (Å²) in [4.78, 5) is 20.1. The third-order valence-corrected chi connectivity index (χ3v) is 6.79. The molecule has 1 unspecified atom stereocenters. The van der Waals surface area contributed by atoms with Gasteiger partial charge in [-0.05, 0) is 56.7 Å². The molecule has 0 aliphatic carbocycles. The van der Waals surface area contributed by atoms with E-state index in [1.54, 1.807) is 6.92 Å². The lowest BCUT2D eigenvalue weighted by Crippen LogP contribution is -2.29. The van der Waals surface area contributed by atoms with Gasteiger partial charge in [-0.3, -0.25) is 4.79 Å². The predicted molar refractivity (Wildman–Crippen MR) is 119 cm³/mol. The van der Waals surface area contributed by atoms with Crippen molar-refractivity contribution in [2.75, 3.05) is 13.1 Å². The summed E-state index contributed by atoms with van der Waals surface area (Å²) in [6, 6.07) is 9.90. The van der Waals surface area contributed by atoms with Crippen LogP contribution in [0.25, 0.3) is 11.0 Å². The fourth-order valence-electron chi connectivity index (χ4n) is 4.99. The standard InChI is InChI=1S/C25H29N3O3/c1-15(29)17-8-4-5-9-18(17)22-11-10-19-20(25(30)28-12-6-7-13-28)14-21-23(24(19)31-22)26-16(2)27(21)3/h4-5,8-9,14-15,22,29H,6-7,10-13H2,1-3H3/t15?,22-/m0/s1. The number of imidazole rings is 1. The van der Waals surface area contributed by atoms with Crippen LogP contribution in [0.2, 0.25) is 0 Å². The Kier molecular flexibility index (Phi) is 4.97. The molecule has 1 N–H and O–H groups in total. The van der Waals surface area contributed by atoms with Gasteiger partial charge >= 0.3 is 0 Å². The average molecular weight is 420 g/mol. The number of likely N-dealkylation sites (tertiary alicyclic amines) is 1. The molecule has 0 bridgehead atoms. The molecule has 162 valence electrons. The zero-order chi connectivity index (χ0) is 21.7. The van der Waals surface area contributed by atoms with Crippen molar-refractivity contribution in [3.63, 3.8) is 0 Å². The van der Waals surface area contributed by atoms with E-state index < -0.39 is 6.10 Å². The lowest BCUT2D eigenvalue weighted by molar-refractivity contribution is 0.0789. The molecule has 6 heteroatoms. The number of rotatable bonds is 3. The molecule has 0 spiro atoms. The Hall–Kier alpha value is -2.86. The number of carbonyl (C=O) groups excluding carboxylic acids is 1. The maximum absolute atomic E-state index is 13.4. The summed E-state index contributed by atoms with van der Waals surface area (Å²) in [6.45, 7) is 5.39.